The van der Waals surface area contributed by atoms with E-state index in [0.29, 0.717) is 12.8 Å². The summed E-state index contributed by atoms with van der Waals surface area (Å²) in [6.45, 7) is 1.60. The molecule has 0 aliphatic heterocycles. The first-order chi connectivity index (χ1) is 8.67. The van der Waals surface area contributed by atoms with E-state index in [9.17, 15) is 4.79 Å². The van der Waals surface area contributed by atoms with E-state index >= 15 is 0 Å². The predicted molar refractivity (Wildman–Crippen MR) is 70.4 cm³/mol. The van der Waals surface area contributed by atoms with Crippen LogP contribution in [0.2, 0.25) is 0 Å². The average Bonchev–Trinajstić information content (AvgIpc) is 2.79. The Bertz CT molecular complexity index is 572. The first-order valence-corrected chi connectivity index (χ1v) is 5.87. The number of H-pyrrole nitrogens is 1. The maximum atomic E-state index is 11.1. The van der Waals surface area contributed by atoms with Crippen LogP contribution >= 0.6 is 0 Å². The van der Waals surface area contributed by atoms with E-state index in [4.69, 9.17) is 9.47 Å². The van der Waals surface area contributed by atoms with E-state index in [1.54, 1.807) is 21.1 Å². The Morgan fingerprint density at radius 1 is 1.22 bits per heavy atom. The number of hydrogen-bond acceptors (Lipinski definition) is 3. The van der Waals surface area contributed by atoms with Gasteiger partial charge in [0.1, 0.15) is 17.3 Å². The number of aromatic amines is 1. The van der Waals surface area contributed by atoms with Crippen LogP contribution in [-0.2, 0) is 11.2 Å². The minimum absolute atomic E-state index is 0.186. The second-order valence-electron chi connectivity index (χ2n) is 4.24. The van der Waals surface area contributed by atoms with Crippen molar-refractivity contribution in [3.63, 3.8) is 0 Å². The number of aromatic nitrogens is 1. The molecule has 18 heavy (non-hydrogen) atoms. The number of fused-ring (bicyclic) bond motifs is 1. The Labute approximate surface area is 106 Å². The van der Waals surface area contributed by atoms with Gasteiger partial charge in [0, 0.05) is 18.0 Å². The Morgan fingerprint density at radius 2 is 1.89 bits per heavy atom. The minimum Gasteiger partial charge on any atom is -0.496 e. The fourth-order valence-corrected chi connectivity index (χ4v) is 2.11. The average molecular weight is 247 g/mol. The molecule has 2 aromatic rings. The van der Waals surface area contributed by atoms with Crippen LogP contribution in [0.15, 0.2) is 18.3 Å². The number of carbonyl (C=O) groups is 1. The summed E-state index contributed by atoms with van der Waals surface area (Å²) >= 11 is 0. The standard InChI is InChI=1S/C14H17NO3/c1-9(16)4-5-10-8-15-14-12(18-3)7-6-11(17-2)13(10)14/h6-8,15H,4-5H2,1-3H3. The van der Waals surface area contributed by atoms with Crippen molar-refractivity contribution in [2.45, 2.75) is 19.8 Å². The molecule has 0 unspecified atom stereocenters. The second kappa shape index (κ2) is 5.12. The summed E-state index contributed by atoms with van der Waals surface area (Å²) < 4.78 is 10.7. The summed E-state index contributed by atoms with van der Waals surface area (Å²) in [6.07, 6.45) is 3.16. The van der Waals surface area contributed by atoms with Crippen LogP contribution in [0.3, 0.4) is 0 Å². The van der Waals surface area contributed by atoms with Gasteiger partial charge in [-0.25, -0.2) is 0 Å². The molecule has 1 aromatic carbocycles. The van der Waals surface area contributed by atoms with E-state index in [0.717, 1.165) is 28.0 Å². The lowest BCUT2D eigenvalue weighted by Gasteiger charge is -2.07. The van der Waals surface area contributed by atoms with Gasteiger partial charge in [-0.2, -0.15) is 0 Å². The number of methoxy groups -OCH3 is 2. The fourth-order valence-electron chi connectivity index (χ4n) is 2.11. The first-order valence-electron chi connectivity index (χ1n) is 5.87. The highest BCUT2D eigenvalue weighted by Gasteiger charge is 2.13. The zero-order chi connectivity index (χ0) is 13.1. The molecular weight excluding hydrogens is 230 g/mol. The highest BCUT2D eigenvalue weighted by molar-refractivity contribution is 5.94. The van der Waals surface area contributed by atoms with Crippen molar-refractivity contribution in [1.29, 1.82) is 0 Å². The molecule has 0 saturated heterocycles. The van der Waals surface area contributed by atoms with Crippen molar-refractivity contribution in [1.82, 2.24) is 4.98 Å². The SMILES string of the molecule is COc1ccc(OC)c2c(CCC(C)=O)c[nH]c12. The molecular formula is C14H17NO3. The predicted octanol–water partition coefficient (Wildman–Crippen LogP) is 2.71. The van der Waals surface area contributed by atoms with Crippen LogP contribution in [0.5, 0.6) is 11.5 Å². The third-order valence-corrected chi connectivity index (χ3v) is 3.03. The van der Waals surface area contributed by atoms with Gasteiger partial charge in [-0.3, -0.25) is 0 Å². The highest BCUT2D eigenvalue weighted by atomic mass is 16.5. The molecule has 96 valence electrons. The second-order valence-corrected chi connectivity index (χ2v) is 4.24. The van der Waals surface area contributed by atoms with Gasteiger partial charge in [0.2, 0.25) is 0 Å². The van der Waals surface area contributed by atoms with Gasteiger partial charge in [0.05, 0.1) is 19.7 Å². The summed E-state index contributed by atoms with van der Waals surface area (Å²) in [5.41, 5.74) is 1.99. The van der Waals surface area contributed by atoms with Gasteiger partial charge in [-0.15, -0.1) is 0 Å². The summed E-state index contributed by atoms with van der Waals surface area (Å²) in [6, 6.07) is 3.75. The van der Waals surface area contributed by atoms with E-state index in [1.165, 1.54) is 0 Å². The molecule has 1 heterocycles. The van der Waals surface area contributed by atoms with Crippen molar-refractivity contribution in [2.75, 3.05) is 14.2 Å². The lowest BCUT2D eigenvalue weighted by molar-refractivity contribution is -0.116. The van der Waals surface area contributed by atoms with E-state index in [-0.39, 0.29) is 5.78 Å². The largest absolute Gasteiger partial charge is 0.496 e. The monoisotopic (exact) mass is 247 g/mol. The molecule has 0 saturated carbocycles. The van der Waals surface area contributed by atoms with E-state index in [2.05, 4.69) is 4.98 Å². The minimum atomic E-state index is 0.186. The van der Waals surface area contributed by atoms with Crippen molar-refractivity contribution < 1.29 is 14.3 Å². The van der Waals surface area contributed by atoms with Crippen LogP contribution < -0.4 is 9.47 Å². The number of nitrogens with one attached hydrogen (secondary N) is 1. The van der Waals surface area contributed by atoms with Gasteiger partial charge in [-0.1, -0.05) is 0 Å². The Balaban J connectivity index is 2.51. The smallest absolute Gasteiger partial charge is 0.143 e. The van der Waals surface area contributed by atoms with Gasteiger partial charge < -0.3 is 19.3 Å². The number of rotatable bonds is 5. The van der Waals surface area contributed by atoms with Gasteiger partial charge in [0.15, 0.2) is 0 Å². The normalized spacial score (nSPS) is 10.6. The number of carbonyl (C=O) groups excluding carboxylic acids is 1. The molecule has 0 atom stereocenters. The maximum Gasteiger partial charge on any atom is 0.143 e. The molecule has 0 spiro atoms. The number of benzene rings is 1. The molecule has 0 bridgehead atoms. The van der Waals surface area contributed by atoms with Crippen LogP contribution in [0.25, 0.3) is 10.9 Å². The van der Waals surface area contributed by atoms with Crippen molar-refractivity contribution in [3.05, 3.63) is 23.9 Å². The number of ether oxygens (including phenoxy) is 2. The maximum absolute atomic E-state index is 11.1. The zero-order valence-corrected chi connectivity index (χ0v) is 10.9. The Morgan fingerprint density at radius 3 is 2.50 bits per heavy atom. The van der Waals surface area contributed by atoms with Gasteiger partial charge in [-0.05, 0) is 31.0 Å². The van der Waals surface area contributed by atoms with Crippen LogP contribution in [0.4, 0.5) is 0 Å². The third-order valence-electron chi connectivity index (χ3n) is 3.03. The molecule has 0 aliphatic carbocycles. The Hall–Kier alpha value is -1.97. The van der Waals surface area contributed by atoms with E-state index < -0.39 is 0 Å². The molecule has 1 N–H and O–H groups in total. The summed E-state index contributed by atoms with van der Waals surface area (Å²) in [7, 11) is 3.28. The lowest BCUT2D eigenvalue weighted by Crippen LogP contribution is -1.94. The van der Waals surface area contributed by atoms with Crippen LogP contribution in [-0.4, -0.2) is 25.0 Å². The number of hydrogen-bond donors (Lipinski definition) is 1. The topological polar surface area (TPSA) is 51.3 Å². The summed E-state index contributed by atoms with van der Waals surface area (Å²) in [5, 5.41) is 0.998. The fraction of sp³-hybridized carbons (Fsp3) is 0.357. The zero-order valence-electron chi connectivity index (χ0n) is 10.9. The van der Waals surface area contributed by atoms with Crippen molar-refractivity contribution in [2.24, 2.45) is 0 Å². The van der Waals surface area contributed by atoms with Crippen molar-refractivity contribution >= 4 is 16.7 Å². The molecule has 0 radical (unpaired) electrons. The van der Waals surface area contributed by atoms with Gasteiger partial charge in [0.25, 0.3) is 0 Å². The van der Waals surface area contributed by atoms with Crippen LogP contribution in [0, 0.1) is 0 Å². The van der Waals surface area contributed by atoms with Gasteiger partial charge >= 0.3 is 0 Å². The number of aryl methyl sites for hydroxylation is 1. The molecule has 1 aromatic heterocycles. The number of Topliss-reactive ketones (excluding diaryl/α,β-unsaturated/α-hetero) is 1. The Kier molecular flexibility index (Phi) is 3.55. The molecule has 0 fully saturated rings. The molecule has 2 rings (SSSR count). The van der Waals surface area contributed by atoms with E-state index in [1.807, 2.05) is 18.3 Å². The molecule has 4 nitrogen and oxygen atoms in total. The summed E-state index contributed by atoms with van der Waals surface area (Å²) in [4.78, 5) is 14.3. The highest BCUT2D eigenvalue weighted by Crippen LogP contribution is 2.35. The molecule has 0 aliphatic rings. The molecule has 0 amide bonds. The summed E-state index contributed by atoms with van der Waals surface area (Å²) in [5.74, 6) is 1.76. The quantitative estimate of drug-likeness (QED) is 0.883. The molecule has 4 heteroatoms. The first kappa shape index (κ1) is 12.5. The van der Waals surface area contributed by atoms with Crippen LogP contribution in [0.1, 0.15) is 18.9 Å². The number of ketones is 1. The lowest BCUT2D eigenvalue weighted by atomic mass is 10.1. The van der Waals surface area contributed by atoms with Crippen molar-refractivity contribution in [3.8, 4) is 11.5 Å². The third kappa shape index (κ3) is 2.18.